The van der Waals surface area contributed by atoms with E-state index < -0.39 is 0 Å². The van der Waals surface area contributed by atoms with Crippen molar-refractivity contribution in [1.29, 1.82) is 0 Å². The molecule has 1 unspecified atom stereocenters. The molecule has 0 aliphatic carbocycles. The van der Waals surface area contributed by atoms with Crippen molar-refractivity contribution in [3.8, 4) is 0 Å². The number of hydrogen-bond acceptors (Lipinski definition) is 3. The molecule has 0 radical (unpaired) electrons. The standard InChI is InChI=1S/C23H22ClN3O2/c1-16(17-11-13-19(24)14-12-17)26-22(28)15-25-20-9-5-6-10-21(20)27-23(29)18-7-3-2-4-8-18/h2-14,16,25H,15H2,1H3,(H,26,28)(H,27,29). The lowest BCUT2D eigenvalue weighted by Crippen LogP contribution is -2.32. The first-order valence-corrected chi connectivity index (χ1v) is 9.65. The van der Waals surface area contributed by atoms with Gasteiger partial charge in [-0.2, -0.15) is 0 Å². The summed E-state index contributed by atoms with van der Waals surface area (Å²) < 4.78 is 0. The molecular weight excluding hydrogens is 386 g/mol. The zero-order valence-electron chi connectivity index (χ0n) is 16.0. The van der Waals surface area contributed by atoms with Crippen LogP contribution < -0.4 is 16.0 Å². The monoisotopic (exact) mass is 407 g/mol. The van der Waals surface area contributed by atoms with Gasteiger partial charge < -0.3 is 16.0 Å². The Morgan fingerprint density at radius 1 is 0.862 bits per heavy atom. The number of amides is 2. The van der Waals surface area contributed by atoms with Gasteiger partial charge in [-0.15, -0.1) is 0 Å². The summed E-state index contributed by atoms with van der Waals surface area (Å²) in [5, 5.41) is 9.56. The molecule has 0 fully saturated rings. The smallest absolute Gasteiger partial charge is 0.255 e. The fourth-order valence-corrected chi connectivity index (χ4v) is 2.96. The number of halogens is 1. The number of anilines is 2. The van der Waals surface area contributed by atoms with Crippen LogP contribution in [0.15, 0.2) is 78.9 Å². The Balaban J connectivity index is 1.58. The van der Waals surface area contributed by atoms with E-state index in [0.717, 1.165) is 5.56 Å². The Hall–Kier alpha value is -3.31. The first kappa shape index (κ1) is 20.4. The fourth-order valence-electron chi connectivity index (χ4n) is 2.83. The van der Waals surface area contributed by atoms with Crippen molar-refractivity contribution in [2.45, 2.75) is 13.0 Å². The number of hydrogen-bond donors (Lipinski definition) is 3. The van der Waals surface area contributed by atoms with Gasteiger partial charge in [0, 0.05) is 10.6 Å². The molecule has 2 amide bonds. The number of carbonyl (C=O) groups excluding carboxylic acids is 2. The van der Waals surface area contributed by atoms with Gasteiger partial charge in [0.15, 0.2) is 0 Å². The third-order valence-electron chi connectivity index (χ3n) is 4.40. The lowest BCUT2D eigenvalue weighted by molar-refractivity contribution is -0.120. The van der Waals surface area contributed by atoms with Crippen LogP contribution in [-0.2, 0) is 4.79 Å². The number of rotatable bonds is 7. The normalized spacial score (nSPS) is 11.4. The summed E-state index contributed by atoms with van der Waals surface area (Å²) in [5.74, 6) is -0.364. The van der Waals surface area contributed by atoms with Gasteiger partial charge >= 0.3 is 0 Å². The highest BCUT2D eigenvalue weighted by atomic mass is 35.5. The summed E-state index contributed by atoms with van der Waals surface area (Å²) in [6.07, 6.45) is 0. The average Bonchev–Trinajstić information content (AvgIpc) is 2.74. The van der Waals surface area contributed by atoms with Crippen LogP contribution in [0.4, 0.5) is 11.4 Å². The summed E-state index contributed by atoms with van der Waals surface area (Å²) in [5.41, 5.74) is 2.82. The molecule has 0 heterocycles. The van der Waals surface area contributed by atoms with E-state index in [-0.39, 0.29) is 24.4 Å². The van der Waals surface area contributed by atoms with E-state index in [1.54, 1.807) is 30.3 Å². The van der Waals surface area contributed by atoms with Gasteiger partial charge in [-0.1, -0.05) is 54.1 Å². The predicted molar refractivity (Wildman–Crippen MR) is 117 cm³/mol. The van der Waals surface area contributed by atoms with Crippen molar-refractivity contribution in [2.24, 2.45) is 0 Å². The highest BCUT2D eigenvalue weighted by Crippen LogP contribution is 2.22. The van der Waals surface area contributed by atoms with Gasteiger partial charge in [0.25, 0.3) is 5.91 Å². The van der Waals surface area contributed by atoms with E-state index >= 15 is 0 Å². The van der Waals surface area contributed by atoms with Gasteiger partial charge in [0.2, 0.25) is 5.91 Å². The molecular formula is C23H22ClN3O2. The van der Waals surface area contributed by atoms with E-state index in [0.29, 0.717) is 22.0 Å². The second kappa shape index (κ2) is 9.75. The molecule has 29 heavy (non-hydrogen) atoms. The van der Waals surface area contributed by atoms with Crippen molar-refractivity contribution in [2.75, 3.05) is 17.2 Å². The molecule has 3 rings (SSSR count). The largest absolute Gasteiger partial charge is 0.374 e. The molecule has 0 aliphatic heterocycles. The van der Waals surface area contributed by atoms with E-state index in [1.807, 2.05) is 55.5 Å². The molecule has 0 spiro atoms. The number of carbonyl (C=O) groups is 2. The molecule has 148 valence electrons. The molecule has 1 atom stereocenters. The molecule has 0 saturated heterocycles. The average molecular weight is 408 g/mol. The van der Waals surface area contributed by atoms with Crippen molar-refractivity contribution < 1.29 is 9.59 Å². The summed E-state index contributed by atoms with van der Waals surface area (Å²) in [6, 6.07) is 23.5. The maximum absolute atomic E-state index is 12.4. The van der Waals surface area contributed by atoms with Gasteiger partial charge in [-0.25, -0.2) is 0 Å². The summed E-state index contributed by atoms with van der Waals surface area (Å²) in [4.78, 5) is 24.7. The van der Waals surface area contributed by atoms with Crippen LogP contribution in [0.2, 0.25) is 5.02 Å². The fraction of sp³-hybridized carbons (Fsp3) is 0.130. The third-order valence-corrected chi connectivity index (χ3v) is 4.65. The zero-order chi connectivity index (χ0) is 20.6. The maximum Gasteiger partial charge on any atom is 0.255 e. The van der Waals surface area contributed by atoms with E-state index in [4.69, 9.17) is 11.6 Å². The van der Waals surface area contributed by atoms with Crippen LogP contribution in [0.3, 0.4) is 0 Å². The van der Waals surface area contributed by atoms with Gasteiger partial charge in [-0.05, 0) is 48.9 Å². The second-order valence-corrected chi connectivity index (χ2v) is 7.00. The number of benzene rings is 3. The molecule has 0 aliphatic rings. The maximum atomic E-state index is 12.4. The van der Waals surface area contributed by atoms with Gasteiger partial charge in [0.1, 0.15) is 0 Å². The molecule has 3 aromatic rings. The van der Waals surface area contributed by atoms with E-state index in [1.165, 1.54) is 0 Å². The minimum absolute atomic E-state index is 0.0795. The lowest BCUT2D eigenvalue weighted by atomic mass is 10.1. The minimum Gasteiger partial charge on any atom is -0.374 e. The quantitative estimate of drug-likeness (QED) is 0.522. The van der Waals surface area contributed by atoms with Gasteiger partial charge in [0.05, 0.1) is 24.0 Å². The van der Waals surface area contributed by atoms with Crippen LogP contribution in [-0.4, -0.2) is 18.4 Å². The number of nitrogens with one attached hydrogen (secondary N) is 3. The number of para-hydroxylation sites is 2. The Morgan fingerprint density at radius 2 is 1.48 bits per heavy atom. The summed E-state index contributed by atoms with van der Waals surface area (Å²) in [7, 11) is 0. The molecule has 6 heteroatoms. The van der Waals surface area contributed by atoms with Crippen LogP contribution in [0.5, 0.6) is 0 Å². The highest BCUT2D eigenvalue weighted by molar-refractivity contribution is 6.30. The summed E-state index contributed by atoms with van der Waals surface area (Å²) in [6.45, 7) is 1.99. The summed E-state index contributed by atoms with van der Waals surface area (Å²) >= 11 is 5.90. The molecule has 5 nitrogen and oxygen atoms in total. The van der Waals surface area contributed by atoms with Crippen LogP contribution in [0.1, 0.15) is 28.9 Å². The second-order valence-electron chi connectivity index (χ2n) is 6.56. The Bertz CT molecular complexity index is 975. The van der Waals surface area contributed by atoms with Crippen molar-refractivity contribution >= 4 is 34.8 Å². The topological polar surface area (TPSA) is 70.2 Å². The minimum atomic E-state index is -0.208. The van der Waals surface area contributed by atoms with Crippen molar-refractivity contribution in [1.82, 2.24) is 5.32 Å². The molecule has 3 aromatic carbocycles. The SMILES string of the molecule is CC(NC(=O)CNc1ccccc1NC(=O)c1ccccc1)c1ccc(Cl)cc1. The predicted octanol–water partition coefficient (Wildman–Crippen LogP) is 4.88. The first-order chi connectivity index (χ1) is 14.0. The highest BCUT2D eigenvalue weighted by Gasteiger charge is 2.12. The van der Waals surface area contributed by atoms with Crippen molar-refractivity contribution in [3.05, 3.63) is 95.0 Å². The Kier molecular flexibility index (Phi) is 6.87. The van der Waals surface area contributed by atoms with Crippen LogP contribution in [0, 0.1) is 0 Å². The first-order valence-electron chi connectivity index (χ1n) is 9.27. The molecule has 0 bridgehead atoms. The van der Waals surface area contributed by atoms with Crippen LogP contribution >= 0.6 is 11.6 Å². The molecule has 3 N–H and O–H groups in total. The third kappa shape index (κ3) is 5.83. The molecule has 0 aromatic heterocycles. The van der Waals surface area contributed by atoms with E-state index in [9.17, 15) is 9.59 Å². The van der Waals surface area contributed by atoms with Crippen molar-refractivity contribution in [3.63, 3.8) is 0 Å². The van der Waals surface area contributed by atoms with Gasteiger partial charge in [-0.3, -0.25) is 9.59 Å². The molecule has 0 saturated carbocycles. The van der Waals surface area contributed by atoms with E-state index in [2.05, 4.69) is 16.0 Å². The lowest BCUT2D eigenvalue weighted by Gasteiger charge is -2.16. The Morgan fingerprint density at radius 3 is 2.17 bits per heavy atom. The Labute approximate surface area is 175 Å². The zero-order valence-corrected chi connectivity index (χ0v) is 16.7. The van der Waals surface area contributed by atoms with Crippen LogP contribution in [0.25, 0.3) is 0 Å².